The Labute approximate surface area is 99.9 Å². The Hall–Kier alpha value is -1.26. The van der Waals surface area contributed by atoms with Crippen molar-refractivity contribution in [2.75, 3.05) is 7.05 Å². The van der Waals surface area contributed by atoms with E-state index < -0.39 is 0 Å². The van der Waals surface area contributed by atoms with Crippen molar-refractivity contribution in [2.45, 2.75) is 19.9 Å². The molecule has 1 atom stereocenters. The van der Waals surface area contributed by atoms with Crippen molar-refractivity contribution in [3.05, 3.63) is 46.8 Å². The van der Waals surface area contributed by atoms with Crippen LogP contribution in [0.25, 0.3) is 0 Å². The van der Waals surface area contributed by atoms with Gasteiger partial charge in [0.1, 0.15) is 0 Å². The molecule has 1 aromatic heterocycles. The minimum absolute atomic E-state index is 0.138. The molecule has 16 heavy (non-hydrogen) atoms. The Bertz CT molecular complexity index is 465. The highest BCUT2D eigenvalue weighted by Crippen LogP contribution is 2.24. The van der Waals surface area contributed by atoms with E-state index in [-0.39, 0.29) is 6.04 Å². The number of aryl methyl sites for hydroxylation is 2. The summed E-state index contributed by atoms with van der Waals surface area (Å²) in [4.78, 5) is 0. The van der Waals surface area contributed by atoms with Crippen LogP contribution in [0.5, 0.6) is 0 Å². The molecule has 0 aliphatic carbocycles. The molecule has 0 amide bonds. The summed E-state index contributed by atoms with van der Waals surface area (Å²) in [6.45, 7) is 4.24. The fourth-order valence-corrected chi connectivity index (χ4v) is 2.36. The van der Waals surface area contributed by atoms with Gasteiger partial charge >= 0.3 is 0 Å². The van der Waals surface area contributed by atoms with E-state index in [9.17, 15) is 0 Å². The Kier molecular flexibility index (Phi) is 3.31. The number of hydrogen-bond donors (Lipinski definition) is 1. The van der Waals surface area contributed by atoms with Gasteiger partial charge < -0.3 is 5.32 Å². The van der Waals surface area contributed by atoms with E-state index in [1.807, 2.05) is 13.2 Å². The topological polar surface area (TPSA) is 37.8 Å². The van der Waals surface area contributed by atoms with Gasteiger partial charge in [-0.2, -0.15) is 8.75 Å². The SMILES string of the molecule is CNC(c1cnsn1)c1ccc(C)cc1C. The molecule has 84 valence electrons. The molecule has 1 unspecified atom stereocenters. The second-order valence-corrected chi connectivity index (χ2v) is 4.47. The van der Waals surface area contributed by atoms with Gasteiger partial charge in [-0.3, -0.25) is 0 Å². The lowest BCUT2D eigenvalue weighted by atomic mass is 9.97. The maximum Gasteiger partial charge on any atom is 0.0957 e. The second-order valence-electron chi connectivity index (χ2n) is 3.91. The van der Waals surface area contributed by atoms with Crippen LogP contribution in [0, 0.1) is 13.8 Å². The van der Waals surface area contributed by atoms with Crippen molar-refractivity contribution in [1.29, 1.82) is 0 Å². The minimum Gasteiger partial charge on any atom is -0.308 e. The molecule has 0 saturated carbocycles. The third-order valence-electron chi connectivity index (χ3n) is 2.70. The first-order valence-electron chi connectivity index (χ1n) is 5.24. The molecule has 0 aliphatic rings. The molecule has 1 heterocycles. The van der Waals surface area contributed by atoms with Gasteiger partial charge in [-0.1, -0.05) is 23.8 Å². The molecule has 3 nitrogen and oxygen atoms in total. The summed E-state index contributed by atoms with van der Waals surface area (Å²) in [5, 5.41) is 3.29. The largest absolute Gasteiger partial charge is 0.308 e. The Morgan fingerprint density at radius 3 is 2.69 bits per heavy atom. The third-order valence-corrected chi connectivity index (χ3v) is 3.19. The summed E-state index contributed by atoms with van der Waals surface area (Å²) in [7, 11) is 1.95. The molecule has 0 spiro atoms. The van der Waals surface area contributed by atoms with Crippen LogP contribution in [0.15, 0.2) is 24.4 Å². The average molecular weight is 233 g/mol. The lowest BCUT2D eigenvalue weighted by Crippen LogP contribution is -2.19. The zero-order valence-electron chi connectivity index (χ0n) is 9.69. The van der Waals surface area contributed by atoms with Gasteiger partial charge in [0, 0.05) is 0 Å². The van der Waals surface area contributed by atoms with Crippen molar-refractivity contribution >= 4 is 11.7 Å². The van der Waals surface area contributed by atoms with Crippen LogP contribution >= 0.6 is 11.7 Å². The van der Waals surface area contributed by atoms with Gasteiger partial charge in [0.15, 0.2) is 0 Å². The van der Waals surface area contributed by atoms with E-state index in [0.29, 0.717) is 0 Å². The molecular weight excluding hydrogens is 218 g/mol. The third kappa shape index (κ3) is 2.13. The minimum atomic E-state index is 0.138. The van der Waals surface area contributed by atoms with E-state index in [4.69, 9.17) is 0 Å². The van der Waals surface area contributed by atoms with E-state index in [0.717, 1.165) is 5.69 Å². The maximum absolute atomic E-state index is 4.30. The van der Waals surface area contributed by atoms with E-state index in [1.54, 1.807) is 0 Å². The van der Waals surface area contributed by atoms with Gasteiger partial charge in [-0.05, 0) is 32.0 Å². The van der Waals surface area contributed by atoms with Gasteiger partial charge in [0.25, 0.3) is 0 Å². The normalized spacial score (nSPS) is 12.7. The first-order chi connectivity index (χ1) is 7.72. The monoisotopic (exact) mass is 233 g/mol. The van der Waals surface area contributed by atoms with Crippen molar-refractivity contribution in [1.82, 2.24) is 14.1 Å². The van der Waals surface area contributed by atoms with Crippen LogP contribution in [0.3, 0.4) is 0 Å². The van der Waals surface area contributed by atoms with Gasteiger partial charge in [-0.25, -0.2) is 0 Å². The van der Waals surface area contributed by atoms with Crippen molar-refractivity contribution < 1.29 is 0 Å². The number of rotatable bonds is 3. The summed E-state index contributed by atoms with van der Waals surface area (Å²) in [5.74, 6) is 0. The quantitative estimate of drug-likeness (QED) is 0.885. The molecule has 0 radical (unpaired) electrons. The average Bonchev–Trinajstić information content (AvgIpc) is 2.75. The van der Waals surface area contributed by atoms with E-state index in [1.165, 1.54) is 28.4 Å². The molecule has 2 rings (SSSR count). The molecule has 2 aromatic rings. The van der Waals surface area contributed by atoms with Crippen LogP contribution in [0.1, 0.15) is 28.4 Å². The lowest BCUT2D eigenvalue weighted by Gasteiger charge is -2.16. The highest BCUT2D eigenvalue weighted by Gasteiger charge is 2.16. The van der Waals surface area contributed by atoms with Gasteiger partial charge in [-0.15, -0.1) is 0 Å². The number of benzene rings is 1. The molecular formula is C12H15N3S. The summed E-state index contributed by atoms with van der Waals surface area (Å²) < 4.78 is 8.35. The van der Waals surface area contributed by atoms with Crippen LogP contribution in [0.2, 0.25) is 0 Å². The predicted octanol–water partition coefficient (Wildman–Crippen LogP) is 2.46. The smallest absolute Gasteiger partial charge is 0.0957 e. The van der Waals surface area contributed by atoms with Crippen LogP contribution in [-0.4, -0.2) is 15.8 Å². The van der Waals surface area contributed by atoms with Crippen molar-refractivity contribution in [2.24, 2.45) is 0 Å². The van der Waals surface area contributed by atoms with Crippen LogP contribution in [-0.2, 0) is 0 Å². The van der Waals surface area contributed by atoms with E-state index >= 15 is 0 Å². The number of hydrogen-bond acceptors (Lipinski definition) is 4. The molecule has 1 aromatic carbocycles. The zero-order valence-corrected chi connectivity index (χ0v) is 10.5. The summed E-state index contributed by atoms with van der Waals surface area (Å²) in [6, 6.07) is 6.62. The molecule has 0 bridgehead atoms. The molecule has 0 fully saturated rings. The van der Waals surface area contributed by atoms with Gasteiger partial charge in [0.2, 0.25) is 0 Å². The maximum atomic E-state index is 4.30. The molecule has 0 aliphatic heterocycles. The molecule has 0 saturated heterocycles. The Morgan fingerprint density at radius 1 is 1.31 bits per heavy atom. The fraction of sp³-hybridized carbons (Fsp3) is 0.333. The first kappa shape index (κ1) is 11.2. The second kappa shape index (κ2) is 4.72. The Morgan fingerprint density at radius 2 is 2.12 bits per heavy atom. The van der Waals surface area contributed by atoms with E-state index in [2.05, 4.69) is 46.1 Å². The van der Waals surface area contributed by atoms with Crippen LogP contribution in [0.4, 0.5) is 0 Å². The first-order valence-corrected chi connectivity index (χ1v) is 5.97. The lowest BCUT2D eigenvalue weighted by molar-refractivity contribution is 0.673. The van der Waals surface area contributed by atoms with Crippen LogP contribution < -0.4 is 5.32 Å². The number of nitrogens with one attached hydrogen (secondary N) is 1. The fourth-order valence-electron chi connectivity index (χ4n) is 1.91. The predicted molar refractivity (Wildman–Crippen MR) is 66.7 cm³/mol. The summed E-state index contributed by atoms with van der Waals surface area (Å²) in [6.07, 6.45) is 1.82. The molecule has 4 heteroatoms. The highest BCUT2D eigenvalue weighted by atomic mass is 32.1. The van der Waals surface area contributed by atoms with Gasteiger partial charge in [0.05, 0.1) is 29.7 Å². The van der Waals surface area contributed by atoms with Crippen molar-refractivity contribution in [3.8, 4) is 0 Å². The summed E-state index contributed by atoms with van der Waals surface area (Å²) >= 11 is 1.25. The summed E-state index contributed by atoms with van der Waals surface area (Å²) in [5.41, 5.74) is 4.82. The highest BCUT2D eigenvalue weighted by molar-refractivity contribution is 6.99. The van der Waals surface area contributed by atoms with Crippen molar-refractivity contribution in [3.63, 3.8) is 0 Å². The standard InChI is InChI=1S/C12H15N3S/c1-8-4-5-10(9(2)6-8)12(13-3)11-7-14-16-15-11/h4-7,12-13H,1-3H3. The zero-order chi connectivity index (χ0) is 11.5. The number of aromatic nitrogens is 2. The molecule has 1 N–H and O–H groups in total. The Balaban J connectivity index is 2.41. The number of nitrogens with zero attached hydrogens (tertiary/aromatic N) is 2.